The van der Waals surface area contributed by atoms with Gasteiger partial charge < -0.3 is 9.72 Å². The van der Waals surface area contributed by atoms with Crippen molar-refractivity contribution in [3.8, 4) is 0 Å². The van der Waals surface area contributed by atoms with Gasteiger partial charge >= 0.3 is 0 Å². The Morgan fingerprint density at radius 2 is 2.04 bits per heavy atom. The maximum atomic E-state index is 6.31. The van der Waals surface area contributed by atoms with Crippen molar-refractivity contribution in [2.24, 2.45) is 0 Å². The van der Waals surface area contributed by atoms with E-state index in [4.69, 9.17) is 27.9 Å². The van der Waals surface area contributed by atoms with Crippen LogP contribution < -0.4 is 0 Å². The predicted octanol–water partition coefficient (Wildman–Crippen LogP) is 5.69. The van der Waals surface area contributed by atoms with Gasteiger partial charge in [-0.3, -0.25) is 0 Å². The molecule has 0 bridgehead atoms. The van der Waals surface area contributed by atoms with Gasteiger partial charge in [-0.25, -0.2) is 4.98 Å². The maximum Gasteiger partial charge on any atom is 0.107 e. The summed E-state index contributed by atoms with van der Waals surface area (Å²) in [6.45, 7) is 0.449. The number of rotatable bonds is 5. The number of ether oxygens (including phenoxy) is 1. The zero-order valence-corrected chi connectivity index (χ0v) is 15.6. The van der Waals surface area contributed by atoms with Crippen LogP contribution in [0.1, 0.15) is 23.1 Å². The van der Waals surface area contributed by atoms with Crippen molar-refractivity contribution in [3.63, 3.8) is 0 Å². The van der Waals surface area contributed by atoms with E-state index in [2.05, 4.69) is 34.2 Å². The molecular formula is C19H16Cl2N2OS. The molecule has 2 aromatic carbocycles. The van der Waals surface area contributed by atoms with Crippen molar-refractivity contribution in [2.75, 3.05) is 0 Å². The fourth-order valence-corrected chi connectivity index (χ4v) is 4.87. The minimum absolute atomic E-state index is 0.00181. The molecule has 25 heavy (non-hydrogen) atoms. The van der Waals surface area contributed by atoms with Crippen LogP contribution in [0.25, 0.3) is 0 Å². The molecule has 0 spiro atoms. The third-order valence-electron chi connectivity index (χ3n) is 4.22. The van der Waals surface area contributed by atoms with Crippen LogP contribution >= 0.6 is 35.0 Å². The number of aromatic nitrogens is 2. The molecule has 1 N–H and O–H groups in total. The number of thioether (sulfide) groups is 1. The van der Waals surface area contributed by atoms with Gasteiger partial charge in [0, 0.05) is 39.0 Å². The van der Waals surface area contributed by atoms with Gasteiger partial charge in [0.1, 0.15) is 5.82 Å². The van der Waals surface area contributed by atoms with Crippen LogP contribution in [0.2, 0.25) is 10.0 Å². The van der Waals surface area contributed by atoms with E-state index in [0.717, 1.165) is 17.8 Å². The fraction of sp³-hybridized carbons (Fsp3) is 0.211. The summed E-state index contributed by atoms with van der Waals surface area (Å²) in [7, 11) is 0. The second-order valence-corrected chi connectivity index (χ2v) is 8.03. The smallest absolute Gasteiger partial charge is 0.107 e. The Bertz CT molecular complexity index is 868. The molecule has 0 unspecified atom stereocenters. The lowest BCUT2D eigenvalue weighted by molar-refractivity contribution is 0.0392. The highest BCUT2D eigenvalue weighted by atomic mass is 35.5. The van der Waals surface area contributed by atoms with Crippen LogP contribution in [-0.2, 0) is 17.8 Å². The van der Waals surface area contributed by atoms with E-state index in [1.165, 1.54) is 10.5 Å². The monoisotopic (exact) mass is 390 g/mol. The van der Waals surface area contributed by atoms with Crippen LogP contribution in [0.4, 0.5) is 0 Å². The molecule has 2 atom stereocenters. The van der Waals surface area contributed by atoms with Gasteiger partial charge in [0.15, 0.2) is 0 Å². The predicted molar refractivity (Wildman–Crippen MR) is 102 cm³/mol. The number of halogens is 2. The molecule has 0 saturated heterocycles. The maximum absolute atomic E-state index is 6.31. The van der Waals surface area contributed by atoms with Gasteiger partial charge in [-0.15, -0.1) is 11.8 Å². The summed E-state index contributed by atoms with van der Waals surface area (Å²) in [6.07, 6.45) is 4.46. The zero-order valence-electron chi connectivity index (χ0n) is 13.3. The first-order valence-corrected chi connectivity index (χ1v) is 9.63. The summed E-state index contributed by atoms with van der Waals surface area (Å²) in [5, 5.41) is 1.54. The standard InChI is InChI=1S/C19H16Cl2N2OS/c20-13-6-5-12(15(21)9-13)11-24-19-14-3-1-2-4-16(14)25-17(19)10-18-22-7-8-23-18/h1-9,17,19H,10-11H2,(H,22,23)/t17-,19-/m0/s1. The lowest BCUT2D eigenvalue weighted by Gasteiger charge is -2.20. The Balaban J connectivity index is 1.55. The Labute approximate surface area is 160 Å². The average Bonchev–Trinajstić information content (AvgIpc) is 3.22. The topological polar surface area (TPSA) is 37.9 Å². The van der Waals surface area contributed by atoms with Gasteiger partial charge in [0.2, 0.25) is 0 Å². The number of H-pyrrole nitrogens is 1. The van der Waals surface area contributed by atoms with Crippen LogP contribution in [0.5, 0.6) is 0 Å². The van der Waals surface area contributed by atoms with E-state index >= 15 is 0 Å². The van der Waals surface area contributed by atoms with E-state index in [1.807, 2.05) is 30.1 Å². The number of fused-ring (bicyclic) bond motifs is 1. The third-order valence-corrected chi connectivity index (χ3v) is 6.15. The van der Waals surface area contributed by atoms with E-state index in [-0.39, 0.29) is 11.4 Å². The molecule has 0 amide bonds. The molecule has 1 aliphatic heterocycles. The highest BCUT2D eigenvalue weighted by Crippen LogP contribution is 2.47. The first-order valence-electron chi connectivity index (χ1n) is 8.00. The van der Waals surface area contributed by atoms with E-state index in [9.17, 15) is 0 Å². The molecule has 0 fully saturated rings. The molecule has 3 nitrogen and oxygen atoms in total. The second kappa shape index (κ2) is 7.42. The molecule has 3 aromatic rings. The lowest BCUT2D eigenvalue weighted by Crippen LogP contribution is -2.17. The molecule has 0 aliphatic carbocycles. The van der Waals surface area contributed by atoms with Crippen molar-refractivity contribution in [3.05, 3.63) is 81.9 Å². The van der Waals surface area contributed by atoms with Crippen LogP contribution in [0, 0.1) is 0 Å². The van der Waals surface area contributed by atoms with Crippen molar-refractivity contribution in [2.45, 2.75) is 29.3 Å². The van der Waals surface area contributed by atoms with Gasteiger partial charge in [-0.05, 0) is 29.3 Å². The van der Waals surface area contributed by atoms with E-state index in [1.54, 1.807) is 12.3 Å². The number of imidazole rings is 1. The van der Waals surface area contributed by atoms with Crippen molar-refractivity contribution in [1.29, 1.82) is 0 Å². The highest BCUT2D eigenvalue weighted by molar-refractivity contribution is 8.00. The van der Waals surface area contributed by atoms with Gasteiger partial charge in [0.05, 0.1) is 12.7 Å². The minimum atomic E-state index is -0.00181. The third kappa shape index (κ3) is 3.72. The van der Waals surface area contributed by atoms with Crippen LogP contribution in [0.3, 0.4) is 0 Å². The summed E-state index contributed by atoms with van der Waals surface area (Å²) in [5.74, 6) is 0.975. The average molecular weight is 391 g/mol. The molecule has 2 heterocycles. The highest BCUT2D eigenvalue weighted by Gasteiger charge is 2.34. The Kier molecular flexibility index (Phi) is 5.04. The summed E-state index contributed by atoms with van der Waals surface area (Å²) in [6, 6.07) is 13.9. The Morgan fingerprint density at radius 3 is 2.84 bits per heavy atom. The molecular weight excluding hydrogens is 375 g/mol. The van der Waals surface area contributed by atoms with Crippen molar-refractivity contribution < 1.29 is 4.74 Å². The van der Waals surface area contributed by atoms with E-state index in [0.29, 0.717) is 16.7 Å². The van der Waals surface area contributed by atoms with Crippen molar-refractivity contribution >= 4 is 35.0 Å². The summed E-state index contributed by atoms with van der Waals surface area (Å²) in [4.78, 5) is 8.81. The number of benzene rings is 2. The molecule has 1 aliphatic rings. The number of nitrogens with zero attached hydrogens (tertiary/aromatic N) is 1. The summed E-state index contributed by atoms with van der Waals surface area (Å²) >= 11 is 14.1. The normalized spacial score (nSPS) is 19.1. The Morgan fingerprint density at radius 1 is 1.16 bits per heavy atom. The summed E-state index contributed by atoms with van der Waals surface area (Å²) in [5.41, 5.74) is 2.17. The zero-order chi connectivity index (χ0) is 17.2. The largest absolute Gasteiger partial charge is 0.368 e. The first kappa shape index (κ1) is 17.0. The van der Waals surface area contributed by atoms with Gasteiger partial charge in [0.25, 0.3) is 0 Å². The molecule has 6 heteroatoms. The number of hydrogen-bond donors (Lipinski definition) is 1. The lowest BCUT2D eigenvalue weighted by atomic mass is 10.0. The van der Waals surface area contributed by atoms with Crippen LogP contribution in [0.15, 0.2) is 59.8 Å². The quantitative estimate of drug-likeness (QED) is 0.607. The molecule has 4 rings (SSSR count). The van der Waals surface area contributed by atoms with Crippen molar-refractivity contribution in [1.82, 2.24) is 9.97 Å². The van der Waals surface area contributed by atoms with E-state index < -0.39 is 0 Å². The number of nitrogens with one attached hydrogen (secondary N) is 1. The minimum Gasteiger partial charge on any atom is -0.368 e. The first-order chi connectivity index (χ1) is 12.2. The Hall–Kier alpha value is -1.46. The fourth-order valence-electron chi connectivity index (χ4n) is 3.01. The molecule has 0 saturated carbocycles. The summed E-state index contributed by atoms with van der Waals surface area (Å²) < 4.78 is 6.31. The molecule has 128 valence electrons. The van der Waals surface area contributed by atoms with Crippen LogP contribution in [-0.4, -0.2) is 15.2 Å². The number of aromatic amines is 1. The van der Waals surface area contributed by atoms with Gasteiger partial charge in [-0.2, -0.15) is 0 Å². The van der Waals surface area contributed by atoms with Gasteiger partial charge in [-0.1, -0.05) is 47.5 Å². The number of hydrogen-bond acceptors (Lipinski definition) is 3. The molecule has 1 aromatic heterocycles. The second-order valence-electron chi connectivity index (χ2n) is 5.90. The SMILES string of the molecule is Clc1ccc(CO[C@H]2c3ccccc3S[C@H]2Cc2ncc[nH]2)c(Cl)c1. The molecule has 0 radical (unpaired) electrons.